The molecule has 0 spiro atoms. The molecule has 4 aromatic rings. The minimum atomic E-state index is 1.28. The third kappa shape index (κ3) is 25.9. The maximum absolute atomic E-state index is 2.21. The van der Waals surface area contributed by atoms with Gasteiger partial charge in [-0.1, -0.05) is 193 Å². The summed E-state index contributed by atoms with van der Waals surface area (Å²) in [6.07, 6.45) is 0. The lowest BCUT2D eigenvalue weighted by Crippen LogP contribution is -1.98. The summed E-state index contributed by atoms with van der Waals surface area (Å²) in [5, 5.41) is 0. The highest BCUT2D eigenvalue weighted by atomic mass is 14.1. The minimum Gasteiger partial charge on any atom is -0.0683 e. The van der Waals surface area contributed by atoms with Crippen LogP contribution >= 0.6 is 0 Å². The Kier molecular flexibility index (Phi) is 52.0. The summed E-state index contributed by atoms with van der Waals surface area (Å²) < 4.78 is 0. The van der Waals surface area contributed by atoms with E-state index in [1.807, 2.05) is 139 Å². The van der Waals surface area contributed by atoms with Crippen LogP contribution in [-0.2, 0) is 0 Å². The highest BCUT2D eigenvalue weighted by Crippen LogP contribution is 2.24. The first kappa shape index (κ1) is 54.4. The molecule has 4 rings (SSSR count). The standard InChI is InChI=1S/C13H12.C12H18.C6H6.7C2H6/c1-11-7-9-13(10-8-11)12-5-3-2-4-6-12;1-7-8(2)10(4)12(6)11(5)9(7)3;1-2-4-6-5-3-1;7*1-2/h2-10H,1H3;1-6H3;1-6H;7*1-2H3. The molecule has 0 saturated carbocycles. The van der Waals surface area contributed by atoms with E-state index in [2.05, 4.69) is 97.0 Å². The molecule has 0 radical (unpaired) electrons. The van der Waals surface area contributed by atoms with Gasteiger partial charge in [-0.3, -0.25) is 0 Å². The van der Waals surface area contributed by atoms with Crippen molar-refractivity contribution in [3.8, 4) is 11.1 Å². The lowest BCUT2D eigenvalue weighted by atomic mass is 9.90. The van der Waals surface area contributed by atoms with Crippen molar-refractivity contribution in [1.29, 1.82) is 0 Å². The average Bonchev–Trinajstić information content (AvgIpc) is 3.17. The molecule has 0 heterocycles. The Balaban J connectivity index is -0.000000109. The third-order valence-electron chi connectivity index (χ3n) is 6.20. The highest BCUT2D eigenvalue weighted by molar-refractivity contribution is 5.63. The molecule has 0 bridgehead atoms. The van der Waals surface area contributed by atoms with Gasteiger partial charge in [0.2, 0.25) is 0 Å². The van der Waals surface area contributed by atoms with Gasteiger partial charge in [0.1, 0.15) is 0 Å². The maximum Gasteiger partial charge on any atom is -0.0184 e. The van der Waals surface area contributed by atoms with Crippen molar-refractivity contribution in [2.24, 2.45) is 0 Å². The van der Waals surface area contributed by atoms with Crippen molar-refractivity contribution < 1.29 is 0 Å². The largest absolute Gasteiger partial charge is 0.0683 e. The number of aryl methyl sites for hydroxylation is 1. The highest BCUT2D eigenvalue weighted by Gasteiger charge is 2.07. The second-order valence-corrected chi connectivity index (χ2v) is 8.14. The SMILES string of the molecule is CC.CC.CC.CC.CC.CC.CC.Cc1c(C)c(C)c(C)c(C)c1C.Cc1ccc(-c2ccccc2)cc1.c1ccccc1. The van der Waals surface area contributed by atoms with Crippen LogP contribution < -0.4 is 0 Å². The van der Waals surface area contributed by atoms with Gasteiger partial charge in [0.05, 0.1) is 0 Å². The lowest BCUT2D eigenvalue weighted by molar-refractivity contribution is 1.13. The van der Waals surface area contributed by atoms with E-state index in [0.29, 0.717) is 0 Å². The van der Waals surface area contributed by atoms with Crippen LogP contribution in [0.25, 0.3) is 11.1 Å². The molecule has 0 saturated heterocycles. The summed E-state index contributed by atoms with van der Waals surface area (Å²) in [6.45, 7) is 43.4. The molecule has 0 aromatic heterocycles. The van der Waals surface area contributed by atoms with Crippen LogP contribution in [0.2, 0.25) is 0 Å². The third-order valence-corrected chi connectivity index (χ3v) is 6.20. The smallest absolute Gasteiger partial charge is 0.0184 e. The molecule has 0 atom stereocenters. The van der Waals surface area contributed by atoms with Crippen molar-refractivity contribution in [3.05, 3.63) is 130 Å². The Bertz CT molecular complexity index is 925. The number of hydrogen-bond donors (Lipinski definition) is 0. The van der Waals surface area contributed by atoms with Crippen molar-refractivity contribution >= 4 is 0 Å². The molecule has 0 heteroatoms. The van der Waals surface area contributed by atoms with Gasteiger partial charge < -0.3 is 0 Å². The topological polar surface area (TPSA) is 0 Å². The first-order chi connectivity index (χ1) is 21.8. The van der Waals surface area contributed by atoms with Gasteiger partial charge >= 0.3 is 0 Å². The predicted molar refractivity (Wildman–Crippen MR) is 217 cm³/mol. The summed E-state index contributed by atoms with van der Waals surface area (Å²) in [4.78, 5) is 0. The predicted octanol–water partition coefficient (Wildman–Crippen LogP) is 16.1. The Morgan fingerprint density at radius 1 is 0.222 bits per heavy atom. The summed E-state index contributed by atoms with van der Waals surface area (Å²) in [5.74, 6) is 0. The zero-order valence-corrected chi connectivity index (χ0v) is 34.2. The molecule has 0 aliphatic heterocycles. The second kappa shape index (κ2) is 43.0. The molecule has 0 fully saturated rings. The molecule has 258 valence electrons. The van der Waals surface area contributed by atoms with Crippen molar-refractivity contribution in [2.45, 2.75) is 145 Å². The van der Waals surface area contributed by atoms with E-state index in [0.717, 1.165) is 0 Å². The maximum atomic E-state index is 2.21. The van der Waals surface area contributed by atoms with Crippen molar-refractivity contribution in [3.63, 3.8) is 0 Å². The van der Waals surface area contributed by atoms with Crippen LogP contribution in [-0.4, -0.2) is 0 Å². The lowest BCUT2D eigenvalue weighted by Gasteiger charge is -2.15. The van der Waals surface area contributed by atoms with Crippen molar-refractivity contribution in [2.75, 3.05) is 0 Å². The second-order valence-electron chi connectivity index (χ2n) is 8.14. The van der Waals surface area contributed by atoms with Crippen LogP contribution in [0, 0.1) is 48.5 Å². The number of benzene rings is 4. The monoisotopic (exact) mass is 619 g/mol. The molecule has 0 N–H and O–H groups in total. The molecule has 0 nitrogen and oxygen atoms in total. The molecule has 0 aliphatic carbocycles. The van der Waals surface area contributed by atoms with Crippen LogP contribution in [0.5, 0.6) is 0 Å². The minimum absolute atomic E-state index is 1.28. The van der Waals surface area contributed by atoms with E-state index >= 15 is 0 Å². The Hall–Kier alpha value is -3.12. The molecule has 0 amide bonds. The van der Waals surface area contributed by atoms with Gasteiger partial charge in [0.25, 0.3) is 0 Å². The zero-order valence-electron chi connectivity index (χ0n) is 34.2. The molecule has 4 aromatic carbocycles. The van der Waals surface area contributed by atoms with E-state index in [9.17, 15) is 0 Å². The van der Waals surface area contributed by atoms with Crippen molar-refractivity contribution in [1.82, 2.24) is 0 Å². The van der Waals surface area contributed by atoms with Gasteiger partial charge in [0.15, 0.2) is 0 Å². The van der Waals surface area contributed by atoms with Gasteiger partial charge in [-0.25, -0.2) is 0 Å². The van der Waals surface area contributed by atoms with Crippen LogP contribution in [0.3, 0.4) is 0 Å². The molecule has 0 unspecified atom stereocenters. The molecule has 45 heavy (non-hydrogen) atoms. The Morgan fingerprint density at radius 2 is 0.400 bits per heavy atom. The van der Waals surface area contributed by atoms with Crippen LogP contribution in [0.4, 0.5) is 0 Å². The van der Waals surface area contributed by atoms with Gasteiger partial charge in [-0.2, -0.15) is 0 Å². The quantitative estimate of drug-likeness (QED) is 0.199. The van der Waals surface area contributed by atoms with Crippen LogP contribution in [0.15, 0.2) is 91.0 Å². The van der Waals surface area contributed by atoms with E-state index < -0.39 is 0 Å². The zero-order chi connectivity index (χ0) is 36.8. The summed E-state index contributed by atoms with van der Waals surface area (Å²) >= 11 is 0. The van der Waals surface area contributed by atoms with E-state index in [-0.39, 0.29) is 0 Å². The number of hydrogen-bond acceptors (Lipinski definition) is 0. The first-order valence-corrected chi connectivity index (χ1v) is 18.0. The molecular formula is C45H78. The summed E-state index contributed by atoms with van der Waals surface area (Å²) in [6, 6.07) is 31.0. The van der Waals surface area contributed by atoms with Gasteiger partial charge in [0, 0.05) is 0 Å². The Labute approximate surface area is 285 Å². The van der Waals surface area contributed by atoms with Crippen LogP contribution in [0.1, 0.15) is 136 Å². The fraction of sp³-hybridized carbons (Fsp3) is 0.467. The van der Waals surface area contributed by atoms with E-state index in [1.54, 1.807) is 0 Å². The normalized spacial score (nSPS) is 7.67. The van der Waals surface area contributed by atoms with E-state index in [4.69, 9.17) is 0 Å². The van der Waals surface area contributed by atoms with Gasteiger partial charge in [-0.15, -0.1) is 0 Å². The average molecular weight is 619 g/mol. The summed E-state index contributed by atoms with van der Waals surface area (Å²) in [7, 11) is 0. The summed E-state index contributed by atoms with van der Waals surface area (Å²) in [5.41, 5.74) is 12.6. The van der Waals surface area contributed by atoms with E-state index in [1.165, 1.54) is 50.1 Å². The molecule has 0 aliphatic rings. The Morgan fingerprint density at radius 3 is 0.622 bits per heavy atom. The number of rotatable bonds is 1. The molecular weight excluding hydrogens is 540 g/mol. The fourth-order valence-corrected chi connectivity index (χ4v) is 3.45. The fourth-order valence-electron chi connectivity index (χ4n) is 3.45. The first-order valence-electron chi connectivity index (χ1n) is 18.0. The van der Waals surface area contributed by atoms with Gasteiger partial charge in [-0.05, 0) is 93.0 Å².